The highest BCUT2D eigenvalue weighted by atomic mass is 15.2. The molecule has 1 aliphatic rings. The molecule has 0 atom stereocenters. The van der Waals surface area contributed by atoms with Gasteiger partial charge >= 0.3 is 0 Å². The van der Waals surface area contributed by atoms with Gasteiger partial charge in [-0.3, -0.25) is 4.90 Å². The largest absolute Gasteiger partial charge is 0.304 e. The summed E-state index contributed by atoms with van der Waals surface area (Å²) in [5, 5.41) is 0. The zero-order valence-electron chi connectivity index (χ0n) is 8.82. The molecule has 84 valence electrons. The first-order valence-electron chi connectivity index (χ1n) is 5.29. The highest BCUT2D eigenvalue weighted by Crippen LogP contribution is 2.06. The summed E-state index contributed by atoms with van der Waals surface area (Å²) >= 11 is 0. The first kappa shape index (κ1) is 12.2. The molecule has 1 aromatic rings. The molecule has 1 aliphatic heterocycles. The van der Waals surface area contributed by atoms with Crippen LogP contribution in [0.3, 0.4) is 0 Å². The number of piperazine rings is 1. The molecule has 0 N–H and O–H groups in total. The molecule has 0 radical (unpaired) electrons. The SMILES string of the molecule is C.CN1CCN(Cc2ccccc2)CC1. The van der Waals surface area contributed by atoms with Crippen LogP contribution in [0.1, 0.15) is 13.0 Å². The number of nitrogens with zero attached hydrogens (tertiary/aromatic N) is 2. The van der Waals surface area contributed by atoms with Crippen molar-refractivity contribution in [3.05, 3.63) is 35.9 Å². The fourth-order valence-corrected chi connectivity index (χ4v) is 1.85. The quantitative estimate of drug-likeness (QED) is 0.731. The van der Waals surface area contributed by atoms with Crippen LogP contribution in [0.5, 0.6) is 0 Å². The summed E-state index contributed by atoms with van der Waals surface area (Å²) < 4.78 is 0. The van der Waals surface area contributed by atoms with Crippen molar-refractivity contribution in [1.82, 2.24) is 9.80 Å². The molecule has 0 amide bonds. The Morgan fingerprint density at radius 1 is 1.00 bits per heavy atom. The van der Waals surface area contributed by atoms with Gasteiger partial charge in [0.15, 0.2) is 0 Å². The van der Waals surface area contributed by atoms with Crippen LogP contribution in [0.15, 0.2) is 30.3 Å². The molecule has 1 aromatic carbocycles. The van der Waals surface area contributed by atoms with Crippen LogP contribution in [0.25, 0.3) is 0 Å². The van der Waals surface area contributed by atoms with E-state index >= 15 is 0 Å². The second kappa shape index (κ2) is 5.89. The number of benzene rings is 1. The van der Waals surface area contributed by atoms with Gasteiger partial charge in [0.25, 0.3) is 0 Å². The minimum atomic E-state index is 0. The molecule has 0 aromatic heterocycles. The predicted molar refractivity (Wildman–Crippen MR) is 65.9 cm³/mol. The Hall–Kier alpha value is -0.860. The van der Waals surface area contributed by atoms with Gasteiger partial charge in [0.05, 0.1) is 0 Å². The van der Waals surface area contributed by atoms with Crippen molar-refractivity contribution < 1.29 is 0 Å². The summed E-state index contributed by atoms with van der Waals surface area (Å²) in [7, 11) is 2.19. The van der Waals surface area contributed by atoms with Gasteiger partial charge in [0, 0.05) is 32.7 Å². The lowest BCUT2D eigenvalue weighted by molar-refractivity contribution is 0.148. The fourth-order valence-electron chi connectivity index (χ4n) is 1.85. The van der Waals surface area contributed by atoms with E-state index in [2.05, 4.69) is 47.2 Å². The summed E-state index contributed by atoms with van der Waals surface area (Å²) in [5.74, 6) is 0. The summed E-state index contributed by atoms with van der Waals surface area (Å²) in [6, 6.07) is 10.7. The van der Waals surface area contributed by atoms with Gasteiger partial charge < -0.3 is 4.90 Å². The predicted octanol–water partition coefficient (Wildman–Crippen LogP) is 2.07. The monoisotopic (exact) mass is 206 g/mol. The molecule has 0 bridgehead atoms. The maximum absolute atomic E-state index is 2.52. The second-order valence-corrected chi connectivity index (χ2v) is 4.07. The summed E-state index contributed by atoms with van der Waals surface area (Å²) in [6.45, 7) is 5.91. The van der Waals surface area contributed by atoms with Crippen molar-refractivity contribution in [3.8, 4) is 0 Å². The van der Waals surface area contributed by atoms with E-state index in [4.69, 9.17) is 0 Å². The van der Waals surface area contributed by atoms with Gasteiger partial charge in [0.1, 0.15) is 0 Å². The minimum absolute atomic E-state index is 0. The van der Waals surface area contributed by atoms with Crippen LogP contribution in [-0.4, -0.2) is 43.0 Å². The Bertz CT molecular complexity index is 263. The van der Waals surface area contributed by atoms with Gasteiger partial charge in [-0.2, -0.15) is 0 Å². The summed E-state index contributed by atoms with van der Waals surface area (Å²) in [6.07, 6.45) is 0. The van der Waals surface area contributed by atoms with Crippen molar-refractivity contribution >= 4 is 0 Å². The standard InChI is InChI=1S/C12H18N2.CH4/c1-13-7-9-14(10-8-13)11-12-5-3-2-4-6-12;/h2-6H,7-11H2,1H3;1H4. The first-order chi connectivity index (χ1) is 6.84. The molecule has 0 saturated carbocycles. The van der Waals surface area contributed by atoms with Gasteiger partial charge in [-0.05, 0) is 12.6 Å². The van der Waals surface area contributed by atoms with Crippen LogP contribution >= 0.6 is 0 Å². The van der Waals surface area contributed by atoms with Crippen molar-refractivity contribution in [2.24, 2.45) is 0 Å². The van der Waals surface area contributed by atoms with Crippen LogP contribution in [0.4, 0.5) is 0 Å². The fraction of sp³-hybridized carbons (Fsp3) is 0.538. The first-order valence-corrected chi connectivity index (χ1v) is 5.29. The maximum Gasteiger partial charge on any atom is 0.0234 e. The molecule has 0 unspecified atom stereocenters. The van der Waals surface area contributed by atoms with Gasteiger partial charge in [-0.1, -0.05) is 37.8 Å². The second-order valence-electron chi connectivity index (χ2n) is 4.07. The highest BCUT2D eigenvalue weighted by Gasteiger charge is 2.13. The zero-order chi connectivity index (χ0) is 9.80. The molecule has 15 heavy (non-hydrogen) atoms. The van der Waals surface area contributed by atoms with Crippen LogP contribution in [0, 0.1) is 0 Å². The zero-order valence-corrected chi connectivity index (χ0v) is 8.82. The Balaban J connectivity index is 0.00000112. The molecule has 1 saturated heterocycles. The Labute approximate surface area is 93.5 Å². The number of hydrogen-bond donors (Lipinski definition) is 0. The number of likely N-dealkylation sites (N-methyl/N-ethyl adjacent to an activating group) is 1. The Kier molecular flexibility index (Phi) is 4.79. The smallest absolute Gasteiger partial charge is 0.0234 e. The van der Waals surface area contributed by atoms with E-state index in [1.54, 1.807) is 0 Å². The summed E-state index contributed by atoms with van der Waals surface area (Å²) in [5.41, 5.74) is 1.43. The van der Waals surface area contributed by atoms with E-state index in [1.165, 1.54) is 31.7 Å². The molecular formula is C13H22N2. The van der Waals surface area contributed by atoms with Crippen LogP contribution < -0.4 is 0 Å². The van der Waals surface area contributed by atoms with Crippen molar-refractivity contribution in [2.75, 3.05) is 33.2 Å². The number of hydrogen-bond acceptors (Lipinski definition) is 2. The molecule has 2 rings (SSSR count). The van der Waals surface area contributed by atoms with Gasteiger partial charge in [0.2, 0.25) is 0 Å². The Morgan fingerprint density at radius 3 is 2.20 bits per heavy atom. The molecule has 0 aliphatic carbocycles. The van der Waals surface area contributed by atoms with E-state index in [0.29, 0.717) is 0 Å². The topological polar surface area (TPSA) is 6.48 Å². The van der Waals surface area contributed by atoms with Crippen LogP contribution in [-0.2, 0) is 6.54 Å². The average Bonchev–Trinajstić information content (AvgIpc) is 2.23. The van der Waals surface area contributed by atoms with Gasteiger partial charge in [-0.15, -0.1) is 0 Å². The lowest BCUT2D eigenvalue weighted by atomic mass is 10.2. The molecular weight excluding hydrogens is 184 g/mol. The highest BCUT2D eigenvalue weighted by molar-refractivity contribution is 5.14. The average molecular weight is 206 g/mol. The lowest BCUT2D eigenvalue weighted by Gasteiger charge is -2.32. The third-order valence-electron chi connectivity index (χ3n) is 2.84. The lowest BCUT2D eigenvalue weighted by Crippen LogP contribution is -2.43. The molecule has 2 nitrogen and oxygen atoms in total. The van der Waals surface area contributed by atoms with Crippen molar-refractivity contribution in [1.29, 1.82) is 0 Å². The number of rotatable bonds is 2. The minimum Gasteiger partial charge on any atom is -0.304 e. The Morgan fingerprint density at radius 2 is 1.60 bits per heavy atom. The molecule has 2 heteroatoms. The van der Waals surface area contributed by atoms with E-state index in [-0.39, 0.29) is 7.43 Å². The summed E-state index contributed by atoms with van der Waals surface area (Å²) in [4.78, 5) is 4.91. The molecule has 1 heterocycles. The van der Waals surface area contributed by atoms with Gasteiger partial charge in [-0.25, -0.2) is 0 Å². The van der Waals surface area contributed by atoms with E-state index < -0.39 is 0 Å². The van der Waals surface area contributed by atoms with E-state index in [0.717, 1.165) is 6.54 Å². The third kappa shape index (κ3) is 3.65. The molecule has 0 spiro atoms. The normalized spacial score (nSPS) is 18.5. The maximum atomic E-state index is 2.52. The van der Waals surface area contributed by atoms with E-state index in [9.17, 15) is 0 Å². The molecule has 1 fully saturated rings. The van der Waals surface area contributed by atoms with Crippen molar-refractivity contribution in [2.45, 2.75) is 14.0 Å². The van der Waals surface area contributed by atoms with E-state index in [1.807, 2.05) is 0 Å². The van der Waals surface area contributed by atoms with Crippen molar-refractivity contribution in [3.63, 3.8) is 0 Å². The van der Waals surface area contributed by atoms with Crippen LogP contribution in [0.2, 0.25) is 0 Å². The third-order valence-corrected chi connectivity index (χ3v) is 2.84.